The number of hydrogen-bond donors (Lipinski definition) is 1. The number of nitrogens with zero attached hydrogens (tertiary/aromatic N) is 3. The van der Waals surface area contributed by atoms with E-state index in [9.17, 15) is 0 Å². The molecular weight excluding hydrogens is 316 g/mol. The van der Waals surface area contributed by atoms with Gasteiger partial charge in [-0.1, -0.05) is 22.0 Å². The lowest BCUT2D eigenvalue weighted by Gasteiger charge is -2.55. The van der Waals surface area contributed by atoms with Gasteiger partial charge in [0.05, 0.1) is 12.1 Å². The van der Waals surface area contributed by atoms with E-state index in [1.54, 1.807) is 0 Å². The van der Waals surface area contributed by atoms with Crippen molar-refractivity contribution in [2.24, 2.45) is 16.6 Å². The van der Waals surface area contributed by atoms with Crippen molar-refractivity contribution in [3.8, 4) is 0 Å². The molecule has 20 heavy (non-hydrogen) atoms. The molecule has 4 aliphatic rings. The Morgan fingerprint density at radius 2 is 2.10 bits per heavy atom. The highest BCUT2D eigenvalue weighted by Crippen LogP contribution is 2.44. The zero-order valence-electron chi connectivity index (χ0n) is 11.4. The highest BCUT2D eigenvalue weighted by atomic mass is 79.9. The summed E-state index contributed by atoms with van der Waals surface area (Å²) < 4.78 is 1.09. The Bertz CT molecular complexity index is 565. The van der Waals surface area contributed by atoms with Crippen LogP contribution < -0.4 is 10.6 Å². The molecule has 5 heteroatoms. The molecule has 1 spiro atoms. The number of rotatable bonds is 1. The van der Waals surface area contributed by atoms with Crippen molar-refractivity contribution in [2.45, 2.75) is 18.4 Å². The average molecular weight is 335 g/mol. The summed E-state index contributed by atoms with van der Waals surface area (Å²) in [6.45, 7) is 4.40. The van der Waals surface area contributed by atoms with Gasteiger partial charge >= 0.3 is 0 Å². The van der Waals surface area contributed by atoms with Crippen molar-refractivity contribution in [1.29, 1.82) is 0 Å². The Morgan fingerprint density at radius 3 is 2.75 bits per heavy atom. The molecular formula is C15H19BrN4. The number of halogens is 1. The normalized spacial score (nSPS) is 35.6. The van der Waals surface area contributed by atoms with E-state index in [0.29, 0.717) is 11.9 Å². The first-order chi connectivity index (χ1) is 9.69. The molecule has 0 aliphatic carbocycles. The van der Waals surface area contributed by atoms with Crippen LogP contribution in [-0.2, 0) is 0 Å². The second-order valence-corrected chi connectivity index (χ2v) is 7.06. The molecule has 1 aromatic carbocycles. The van der Waals surface area contributed by atoms with E-state index in [4.69, 9.17) is 5.73 Å². The fourth-order valence-corrected chi connectivity index (χ4v) is 4.56. The molecule has 4 nitrogen and oxygen atoms in total. The lowest BCUT2D eigenvalue weighted by molar-refractivity contribution is 0.0391. The Balaban J connectivity index is 1.77. The first-order valence-corrected chi connectivity index (χ1v) is 8.06. The Kier molecular flexibility index (Phi) is 2.82. The SMILES string of the molecule is NC1=NCC2(CN3CCC2CC3)N1c1cccc(Br)c1. The number of guanidine groups is 1. The molecule has 0 amide bonds. The first kappa shape index (κ1) is 12.7. The number of piperidine rings is 3. The summed E-state index contributed by atoms with van der Waals surface area (Å²) in [7, 11) is 0. The standard InChI is InChI=1S/C15H19BrN4/c16-12-2-1-3-13(8-12)20-14(17)18-9-15(20)10-19-6-4-11(15)5-7-19/h1-3,8,11H,4-7,9-10H2,(H2,17,18). The summed E-state index contributed by atoms with van der Waals surface area (Å²) in [5.41, 5.74) is 7.48. The molecule has 2 N–H and O–H groups in total. The lowest BCUT2D eigenvalue weighted by Crippen LogP contribution is -2.68. The van der Waals surface area contributed by atoms with E-state index in [-0.39, 0.29) is 5.54 Å². The van der Waals surface area contributed by atoms with Crippen LogP contribution in [0.25, 0.3) is 0 Å². The highest BCUT2D eigenvalue weighted by Gasteiger charge is 2.54. The number of fused-ring (bicyclic) bond motifs is 2. The highest BCUT2D eigenvalue weighted by molar-refractivity contribution is 9.10. The monoisotopic (exact) mass is 334 g/mol. The zero-order valence-corrected chi connectivity index (χ0v) is 13.0. The number of hydrogen-bond acceptors (Lipinski definition) is 4. The van der Waals surface area contributed by atoms with Crippen molar-refractivity contribution in [1.82, 2.24) is 4.90 Å². The van der Waals surface area contributed by atoms with Gasteiger partial charge in [-0.15, -0.1) is 0 Å². The minimum Gasteiger partial charge on any atom is -0.369 e. The topological polar surface area (TPSA) is 44.9 Å². The Morgan fingerprint density at radius 1 is 1.30 bits per heavy atom. The minimum atomic E-state index is 0.0847. The van der Waals surface area contributed by atoms with Gasteiger partial charge < -0.3 is 15.5 Å². The number of anilines is 1. The van der Waals surface area contributed by atoms with Gasteiger partial charge in [0.2, 0.25) is 0 Å². The maximum atomic E-state index is 6.24. The van der Waals surface area contributed by atoms with E-state index in [0.717, 1.165) is 23.2 Å². The maximum Gasteiger partial charge on any atom is 0.196 e. The molecule has 5 rings (SSSR count). The molecule has 1 aromatic rings. The molecule has 106 valence electrons. The van der Waals surface area contributed by atoms with Gasteiger partial charge in [-0.25, -0.2) is 0 Å². The van der Waals surface area contributed by atoms with Crippen LogP contribution in [0.3, 0.4) is 0 Å². The third kappa shape index (κ3) is 1.72. The molecule has 4 heterocycles. The Labute approximate surface area is 127 Å². The molecule has 0 radical (unpaired) electrons. The predicted molar refractivity (Wildman–Crippen MR) is 85.0 cm³/mol. The smallest absolute Gasteiger partial charge is 0.196 e. The van der Waals surface area contributed by atoms with Gasteiger partial charge in [0.25, 0.3) is 0 Å². The van der Waals surface area contributed by atoms with Gasteiger partial charge in [-0.3, -0.25) is 4.99 Å². The third-order valence-electron chi connectivity index (χ3n) is 5.10. The predicted octanol–water partition coefficient (Wildman–Crippen LogP) is 2.05. The fourth-order valence-electron chi connectivity index (χ4n) is 4.17. The summed E-state index contributed by atoms with van der Waals surface area (Å²) in [5, 5.41) is 0. The maximum absolute atomic E-state index is 6.24. The molecule has 3 fully saturated rings. The van der Waals surface area contributed by atoms with Gasteiger partial charge in [-0.2, -0.15) is 0 Å². The van der Waals surface area contributed by atoms with Crippen LogP contribution >= 0.6 is 15.9 Å². The van der Waals surface area contributed by atoms with Gasteiger partial charge in [0, 0.05) is 16.7 Å². The van der Waals surface area contributed by atoms with Crippen LogP contribution in [-0.4, -0.2) is 42.6 Å². The van der Waals surface area contributed by atoms with Crippen LogP contribution in [0.1, 0.15) is 12.8 Å². The minimum absolute atomic E-state index is 0.0847. The average Bonchev–Trinajstić information content (AvgIpc) is 2.77. The van der Waals surface area contributed by atoms with E-state index in [1.807, 2.05) is 0 Å². The molecule has 4 aliphatic heterocycles. The molecule has 2 bridgehead atoms. The molecule has 1 unspecified atom stereocenters. The van der Waals surface area contributed by atoms with E-state index in [1.165, 1.54) is 25.9 Å². The van der Waals surface area contributed by atoms with Crippen molar-refractivity contribution >= 4 is 27.6 Å². The second-order valence-electron chi connectivity index (χ2n) is 6.14. The van der Waals surface area contributed by atoms with Gasteiger partial charge in [0.15, 0.2) is 5.96 Å². The summed E-state index contributed by atoms with van der Waals surface area (Å²) in [6.07, 6.45) is 2.54. The van der Waals surface area contributed by atoms with Crippen LogP contribution in [0.5, 0.6) is 0 Å². The summed E-state index contributed by atoms with van der Waals surface area (Å²) >= 11 is 3.56. The molecule has 1 atom stereocenters. The summed E-state index contributed by atoms with van der Waals surface area (Å²) in [5.74, 6) is 1.38. The van der Waals surface area contributed by atoms with Crippen LogP contribution in [0, 0.1) is 5.92 Å². The third-order valence-corrected chi connectivity index (χ3v) is 5.59. The van der Waals surface area contributed by atoms with Crippen molar-refractivity contribution in [3.63, 3.8) is 0 Å². The number of aliphatic imine (C=N–C) groups is 1. The van der Waals surface area contributed by atoms with E-state index in [2.05, 4.69) is 55.0 Å². The van der Waals surface area contributed by atoms with Gasteiger partial charge in [-0.05, 0) is 50.0 Å². The largest absolute Gasteiger partial charge is 0.369 e. The number of benzene rings is 1. The van der Waals surface area contributed by atoms with Crippen LogP contribution in [0.2, 0.25) is 0 Å². The summed E-state index contributed by atoms with van der Waals surface area (Å²) in [4.78, 5) is 9.47. The second kappa shape index (κ2) is 4.46. The first-order valence-electron chi connectivity index (χ1n) is 7.27. The van der Waals surface area contributed by atoms with Gasteiger partial charge in [0.1, 0.15) is 0 Å². The molecule has 3 saturated heterocycles. The van der Waals surface area contributed by atoms with Crippen molar-refractivity contribution < 1.29 is 0 Å². The van der Waals surface area contributed by atoms with E-state index >= 15 is 0 Å². The molecule has 0 aromatic heterocycles. The number of nitrogens with two attached hydrogens (primary N) is 1. The summed E-state index contributed by atoms with van der Waals surface area (Å²) in [6, 6.07) is 8.40. The lowest BCUT2D eigenvalue weighted by atomic mass is 9.72. The zero-order chi connectivity index (χ0) is 13.7. The molecule has 0 saturated carbocycles. The quantitative estimate of drug-likeness (QED) is 0.854. The fraction of sp³-hybridized carbons (Fsp3) is 0.533. The van der Waals surface area contributed by atoms with E-state index < -0.39 is 0 Å². The van der Waals surface area contributed by atoms with Crippen LogP contribution in [0.4, 0.5) is 5.69 Å². The van der Waals surface area contributed by atoms with Crippen molar-refractivity contribution in [3.05, 3.63) is 28.7 Å². The van der Waals surface area contributed by atoms with Crippen LogP contribution in [0.15, 0.2) is 33.7 Å². The Hall–Kier alpha value is -1.07. The van der Waals surface area contributed by atoms with Crippen molar-refractivity contribution in [2.75, 3.05) is 31.1 Å².